The number of H-pyrrole nitrogens is 1. The normalized spacial score (nSPS) is 22.4. The highest BCUT2D eigenvalue weighted by Gasteiger charge is 2.40. The maximum Gasteiger partial charge on any atom is 0.248 e. The van der Waals surface area contributed by atoms with Gasteiger partial charge < -0.3 is 4.98 Å². The van der Waals surface area contributed by atoms with E-state index in [9.17, 15) is 9.59 Å². The zero-order chi connectivity index (χ0) is 11.2. The van der Waals surface area contributed by atoms with Crippen LogP contribution in [0.3, 0.4) is 0 Å². The van der Waals surface area contributed by atoms with Gasteiger partial charge >= 0.3 is 0 Å². The molecule has 16 heavy (non-hydrogen) atoms. The number of pyridine rings is 1. The van der Waals surface area contributed by atoms with Crippen molar-refractivity contribution in [1.29, 1.82) is 0 Å². The van der Waals surface area contributed by atoms with Gasteiger partial charge in [-0.3, -0.25) is 9.59 Å². The monoisotopic (exact) mass is 217 g/mol. The highest BCUT2D eigenvalue weighted by atomic mass is 16.1. The number of Topliss-reactive ketones (excluding diaryl/α,β-unsaturated/α-hetero) is 1. The molecule has 0 unspecified atom stereocenters. The molecule has 2 aliphatic carbocycles. The molecule has 0 saturated heterocycles. The summed E-state index contributed by atoms with van der Waals surface area (Å²) in [7, 11) is 0. The molecule has 1 saturated carbocycles. The summed E-state index contributed by atoms with van der Waals surface area (Å²) in [6.07, 6.45) is 6.26. The number of fused-ring (bicyclic) bond motifs is 1. The largest absolute Gasteiger partial charge is 0.325 e. The highest BCUT2D eigenvalue weighted by Crippen LogP contribution is 2.46. The lowest BCUT2D eigenvalue weighted by Crippen LogP contribution is -2.32. The van der Waals surface area contributed by atoms with Crippen LogP contribution in [0.15, 0.2) is 16.9 Å². The molecular weight excluding hydrogens is 202 g/mol. The van der Waals surface area contributed by atoms with Crippen LogP contribution in [0.5, 0.6) is 0 Å². The van der Waals surface area contributed by atoms with Gasteiger partial charge in [-0.2, -0.15) is 0 Å². The van der Waals surface area contributed by atoms with Crippen molar-refractivity contribution in [1.82, 2.24) is 4.98 Å². The quantitative estimate of drug-likeness (QED) is 0.723. The lowest BCUT2D eigenvalue weighted by molar-refractivity contribution is 0.0885. The van der Waals surface area contributed by atoms with E-state index < -0.39 is 0 Å². The van der Waals surface area contributed by atoms with Crippen molar-refractivity contribution in [2.24, 2.45) is 5.41 Å². The number of carbonyl (C=O) groups excluding carboxylic acids is 1. The molecule has 0 atom stereocenters. The maximum absolute atomic E-state index is 12.0. The molecule has 84 valence electrons. The molecule has 0 amide bonds. The Hall–Kier alpha value is -1.38. The number of hydrogen-bond donors (Lipinski definition) is 1. The molecule has 1 aromatic heterocycles. The Labute approximate surface area is 93.9 Å². The third-order valence-electron chi connectivity index (χ3n) is 4.05. The van der Waals surface area contributed by atoms with Gasteiger partial charge in [-0.15, -0.1) is 0 Å². The second-order valence-electron chi connectivity index (χ2n) is 5.20. The van der Waals surface area contributed by atoms with Crippen molar-refractivity contribution in [3.63, 3.8) is 0 Å². The van der Waals surface area contributed by atoms with E-state index in [1.54, 1.807) is 6.07 Å². The molecule has 3 rings (SSSR count). The van der Waals surface area contributed by atoms with E-state index in [2.05, 4.69) is 4.98 Å². The molecule has 1 spiro atoms. The molecule has 1 heterocycles. The van der Waals surface area contributed by atoms with E-state index in [-0.39, 0.29) is 16.8 Å². The summed E-state index contributed by atoms with van der Waals surface area (Å²) >= 11 is 0. The van der Waals surface area contributed by atoms with Crippen LogP contribution in [0.1, 0.15) is 48.2 Å². The fourth-order valence-electron chi connectivity index (χ4n) is 3.27. The molecule has 2 aliphatic rings. The first-order valence-electron chi connectivity index (χ1n) is 5.94. The molecule has 0 aromatic carbocycles. The van der Waals surface area contributed by atoms with Crippen LogP contribution in [-0.4, -0.2) is 10.8 Å². The van der Waals surface area contributed by atoms with Crippen LogP contribution in [0, 0.1) is 5.41 Å². The minimum absolute atomic E-state index is 0.0957. The van der Waals surface area contributed by atoms with Gasteiger partial charge in [0.1, 0.15) is 0 Å². The number of nitrogens with one attached hydrogen (secondary N) is 1. The van der Waals surface area contributed by atoms with Gasteiger partial charge in [0.2, 0.25) is 5.56 Å². The summed E-state index contributed by atoms with van der Waals surface area (Å²) in [5.74, 6) is 0.208. The second-order valence-corrected chi connectivity index (χ2v) is 5.20. The van der Waals surface area contributed by atoms with Gasteiger partial charge in [-0.25, -0.2) is 0 Å². The van der Waals surface area contributed by atoms with Gasteiger partial charge in [-0.05, 0) is 30.7 Å². The average Bonchev–Trinajstić information content (AvgIpc) is 2.65. The van der Waals surface area contributed by atoms with E-state index in [1.165, 1.54) is 18.9 Å². The third-order valence-corrected chi connectivity index (χ3v) is 4.05. The Bertz CT molecular complexity index is 495. The smallest absolute Gasteiger partial charge is 0.248 e. The van der Waals surface area contributed by atoms with Crippen LogP contribution >= 0.6 is 0 Å². The number of aromatic nitrogens is 1. The number of ketones is 1. The third kappa shape index (κ3) is 1.42. The predicted octanol–water partition coefficient (Wildman–Crippen LogP) is 2.06. The lowest BCUT2D eigenvalue weighted by Gasteiger charge is -2.33. The van der Waals surface area contributed by atoms with Gasteiger partial charge in [0.15, 0.2) is 5.78 Å². The molecule has 0 radical (unpaired) electrons. The Morgan fingerprint density at radius 2 is 1.81 bits per heavy atom. The number of aromatic amines is 1. The van der Waals surface area contributed by atoms with Gasteiger partial charge in [-0.1, -0.05) is 12.8 Å². The molecule has 0 aliphatic heterocycles. The van der Waals surface area contributed by atoms with Crippen molar-refractivity contribution >= 4 is 5.78 Å². The highest BCUT2D eigenvalue weighted by molar-refractivity contribution is 5.98. The van der Waals surface area contributed by atoms with Crippen LogP contribution in [-0.2, 0) is 6.42 Å². The first-order chi connectivity index (χ1) is 7.69. The van der Waals surface area contributed by atoms with E-state index >= 15 is 0 Å². The SMILES string of the molecule is O=C1CC2(CCCC2)Cc2[nH]c(=O)ccc21. The Balaban J connectivity index is 2.07. The minimum Gasteiger partial charge on any atom is -0.325 e. The Morgan fingerprint density at radius 3 is 2.56 bits per heavy atom. The molecule has 1 fully saturated rings. The molecule has 3 heteroatoms. The van der Waals surface area contributed by atoms with Crippen LogP contribution < -0.4 is 5.56 Å². The van der Waals surface area contributed by atoms with Crippen LogP contribution in [0.4, 0.5) is 0 Å². The second kappa shape index (κ2) is 3.30. The van der Waals surface area contributed by atoms with Crippen LogP contribution in [0.25, 0.3) is 0 Å². The molecule has 1 N–H and O–H groups in total. The molecule has 1 aromatic rings. The minimum atomic E-state index is -0.0957. The first-order valence-corrected chi connectivity index (χ1v) is 5.94. The number of carbonyl (C=O) groups is 1. The lowest BCUT2D eigenvalue weighted by atomic mass is 9.71. The molecular formula is C13H15NO2. The first kappa shape index (κ1) is 9.82. The topological polar surface area (TPSA) is 49.9 Å². The van der Waals surface area contributed by atoms with E-state index in [0.29, 0.717) is 6.42 Å². The summed E-state index contributed by atoms with van der Waals surface area (Å²) in [5.41, 5.74) is 1.67. The zero-order valence-corrected chi connectivity index (χ0v) is 9.21. The van der Waals surface area contributed by atoms with E-state index in [0.717, 1.165) is 30.5 Å². The van der Waals surface area contributed by atoms with Crippen molar-refractivity contribution in [3.05, 3.63) is 33.7 Å². The predicted molar refractivity (Wildman–Crippen MR) is 60.6 cm³/mol. The van der Waals surface area contributed by atoms with Gasteiger partial charge in [0.25, 0.3) is 0 Å². The number of rotatable bonds is 0. The number of hydrogen-bond acceptors (Lipinski definition) is 2. The summed E-state index contributed by atoms with van der Waals surface area (Å²) in [6, 6.07) is 3.13. The summed E-state index contributed by atoms with van der Waals surface area (Å²) in [5, 5.41) is 0. The van der Waals surface area contributed by atoms with Crippen molar-refractivity contribution < 1.29 is 4.79 Å². The molecule has 0 bridgehead atoms. The zero-order valence-electron chi connectivity index (χ0n) is 9.21. The van der Waals surface area contributed by atoms with E-state index in [1.807, 2.05) is 0 Å². The fraction of sp³-hybridized carbons (Fsp3) is 0.538. The fourth-order valence-corrected chi connectivity index (χ4v) is 3.27. The van der Waals surface area contributed by atoms with Gasteiger partial charge in [0.05, 0.1) is 0 Å². The maximum atomic E-state index is 12.0. The van der Waals surface area contributed by atoms with Crippen LogP contribution in [0.2, 0.25) is 0 Å². The van der Waals surface area contributed by atoms with E-state index in [4.69, 9.17) is 0 Å². The average molecular weight is 217 g/mol. The van der Waals surface area contributed by atoms with Crippen molar-refractivity contribution in [2.75, 3.05) is 0 Å². The Morgan fingerprint density at radius 1 is 1.06 bits per heavy atom. The summed E-state index contributed by atoms with van der Waals surface area (Å²) in [4.78, 5) is 26.2. The standard InChI is InChI=1S/C13H15NO2/c15-11-8-13(5-1-2-6-13)7-10-9(11)3-4-12(16)14-10/h3-4H,1-2,5-8H2,(H,14,16). The summed E-state index contributed by atoms with van der Waals surface area (Å²) in [6.45, 7) is 0. The van der Waals surface area contributed by atoms with Crippen molar-refractivity contribution in [3.8, 4) is 0 Å². The summed E-state index contributed by atoms with van der Waals surface area (Å²) < 4.78 is 0. The van der Waals surface area contributed by atoms with Crippen molar-refractivity contribution in [2.45, 2.75) is 38.5 Å². The Kier molecular flexibility index (Phi) is 2.03. The van der Waals surface area contributed by atoms with Gasteiger partial charge in [0, 0.05) is 23.7 Å². The molecule has 3 nitrogen and oxygen atoms in total.